The Morgan fingerprint density at radius 3 is 1.95 bits per heavy atom. The van der Waals surface area contributed by atoms with Crippen LogP contribution in [0.4, 0.5) is 0 Å². The lowest BCUT2D eigenvalue weighted by Gasteiger charge is -2.12. The zero-order valence-electron chi connectivity index (χ0n) is 10.2. The van der Waals surface area contributed by atoms with Gasteiger partial charge in [0.25, 0.3) is 0 Å². The first-order chi connectivity index (χ1) is 9.18. The number of primary amides is 1. The Hall–Kier alpha value is -2.62. The van der Waals surface area contributed by atoms with E-state index in [1.165, 1.54) is 0 Å². The molecule has 0 saturated carbocycles. The third-order valence-corrected chi connectivity index (χ3v) is 2.61. The Kier molecular flexibility index (Phi) is 3.93. The molecule has 0 heterocycles. The Labute approximate surface area is 110 Å². The summed E-state index contributed by atoms with van der Waals surface area (Å²) in [4.78, 5) is 23.5. The molecule has 2 N–H and O–H groups in total. The van der Waals surface area contributed by atoms with E-state index in [9.17, 15) is 9.59 Å². The van der Waals surface area contributed by atoms with E-state index in [2.05, 4.69) is 0 Å². The van der Waals surface area contributed by atoms with Gasteiger partial charge in [0, 0.05) is 0 Å². The predicted molar refractivity (Wildman–Crippen MR) is 70.5 cm³/mol. The van der Waals surface area contributed by atoms with Crippen LogP contribution >= 0.6 is 0 Å². The van der Waals surface area contributed by atoms with Gasteiger partial charge in [0.2, 0.25) is 5.91 Å². The SMILES string of the molecule is NC(=O)C(C(=O)Oc1ccccc1)c1ccccc1. The van der Waals surface area contributed by atoms with E-state index in [0.717, 1.165) is 0 Å². The highest BCUT2D eigenvalue weighted by Gasteiger charge is 2.28. The van der Waals surface area contributed by atoms with Crippen molar-refractivity contribution in [3.05, 3.63) is 66.2 Å². The Balaban J connectivity index is 2.21. The highest BCUT2D eigenvalue weighted by Crippen LogP contribution is 2.19. The standard InChI is InChI=1S/C15H13NO3/c16-14(17)13(11-7-3-1-4-8-11)15(18)19-12-9-5-2-6-10-12/h1-10,13H,(H2,16,17). The molecular weight excluding hydrogens is 242 g/mol. The highest BCUT2D eigenvalue weighted by molar-refractivity contribution is 6.03. The number of hydrogen-bond acceptors (Lipinski definition) is 3. The third-order valence-electron chi connectivity index (χ3n) is 2.61. The van der Waals surface area contributed by atoms with E-state index in [4.69, 9.17) is 10.5 Å². The molecule has 0 aliphatic heterocycles. The first kappa shape index (κ1) is 12.8. The Bertz CT molecular complexity index is 566. The van der Waals surface area contributed by atoms with Crippen molar-refractivity contribution in [2.24, 2.45) is 5.73 Å². The zero-order valence-corrected chi connectivity index (χ0v) is 10.2. The van der Waals surface area contributed by atoms with Crippen LogP contribution in [-0.2, 0) is 9.59 Å². The number of para-hydroxylation sites is 1. The molecule has 0 saturated heterocycles. The summed E-state index contributed by atoms with van der Waals surface area (Å²) in [5.41, 5.74) is 5.81. The van der Waals surface area contributed by atoms with Crippen LogP contribution in [0.5, 0.6) is 5.75 Å². The van der Waals surface area contributed by atoms with Crippen LogP contribution in [0.15, 0.2) is 60.7 Å². The van der Waals surface area contributed by atoms with Gasteiger partial charge in [0.1, 0.15) is 5.75 Å². The molecule has 2 rings (SSSR count). The normalized spacial score (nSPS) is 11.6. The second kappa shape index (κ2) is 5.82. The summed E-state index contributed by atoms with van der Waals surface area (Å²) in [6.07, 6.45) is 0. The maximum Gasteiger partial charge on any atom is 0.328 e. The molecule has 96 valence electrons. The first-order valence-corrected chi connectivity index (χ1v) is 5.79. The van der Waals surface area contributed by atoms with Gasteiger partial charge in [-0.2, -0.15) is 0 Å². The van der Waals surface area contributed by atoms with Crippen LogP contribution < -0.4 is 10.5 Å². The average molecular weight is 255 g/mol. The molecule has 0 fully saturated rings. The molecule has 4 nitrogen and oxygen atoms in total. The first-order valence-electron chi connectivity index (χ1n) is 5.79. The van der Waals surface area contributed by atoms with Crippen molar-refractivity contribution < 1.29 is 14.3 Å². The zero-order chi connectivity index (χ0) is 13.7. The van der Waals surface area contributed by atoms with Crippen molar-refractivity contribution in [2.75, 3.05) is 0 Å². The summed E-state index contributed by atoms with van der Waals surface area (Å²) in [6.45, 7) is 0. The molecular formula is C15H13NO3. The van der Waals surface area contributed by atoms with Crippen molar-refractivity contribution in [1.82, 2.24) is 0 Å². The van der Waals surface area contributed by atoms with Gasteiger partial charge < -0.3 is 10.5 Å². The molecule has 19 heavy (non-hydrogen) atoms. The molecule has 4 heteroatoms. The topological polar surface area (TPSA) is 69.4 Å². The van der Waals surface area contributed by atoms with Crippen LogP contribution in [0.25, 0.3) is 0 Å². The highest BCUT2D eigenvalue weighted by atomic mass is 16.5. The van der Waals surface area contributed by atoms with E-state index in [1.54, 1.807) is 60.7 Å². The van der Waals surface area contributed by atoms with E-state index < -0.39 is 17.8 Å². The van der Waals surface area contributed by atoms with Crippen LogP contribution in [0.1, 0.15) is 11.5 Å². The van der Waals surface area contributed by atoms with Crippen molar-refractivity contribution >= 4 is 11.9 Å². The van der Waals surface area contributed by atoms with Crippen LogP contribution in [0, 0.1) is 0 Å². The van der Waals surface area contributed by atoms with Crippen LogP contribution in [0.2, 0.25) is 0 Å². The lowest BCUT2D eigenvalue weighted by molar-refractivity contribution is -0.140. The summed E-state index contributed by atoms with van der Waals surface area (Å²) in [5.74, 6) is -2.12. The number of carbonyl (C=O) groups is 2. The van der Waals surface area contributed by atoms with E-state index >= 15 is 0 Å². The smallest absolute Gasteiger partial charge is 0.328 e. The molecule has 1 amide bonds. The molecule has 0 spiro atoms. The van der Waals surface area contributed by atoms with Gasteiger partial charge in [-0.1, -0.05) is 48.5 Å². The maximum absolute atomic E-state index is 12.0. The number of esters is 1. The number of rotatable bonds is 4. The van der Waals surface area contributed by atoms with Gasteiger partial charge in [0.05, 0.1) is 0 Å². The molecule has 0 aliphatic rings. The lowest BCUT2D eigenvalue weighted by atomic mass is 9.99. The van der Waals surface area contributed by atoms with Crippen molar-refractivity contribution in [3.8, 4) is 5.75 Å². The molecule has 1 atom stereocenters. The van der Waals surface area contributed by atoms with Gasteiger partial charge in [-0.3, -0.25) is 9.59 Å². The van der Waals surface area contributed by atoms with Crippen molar-refractivity contribution in [3.63, 3.8) is 0 Å². The summed E-state index contributed by atoms with van der Waals surface area (Å²) >= 11 is 0. The fourth-order valence-electron chi connectivity index (χ4n) is 1.73. The van der Waals surface area contributed by atoms with Gasteiger partial charge >= 0.3 is 5.97 Å². The van der Waals surface area contributed by atoms with E-state index in [0.29, 0.717) is 11.3 Å². The van der Waals surface area contributed by atoms with Crippen LogP contribution in [-0.4, -0.2) is 11.9 Å². The lowest BCUT2D eigenvalue weighted by Crippen LogP contribution is -2.31. The number of hydrogen-bond donors (Lipinski definition) is 1. The maximum atomic E-state index is 12.0. The molecule has 0 aliphatic carbocycles. The van der Waals surface area contributed by atoms with Gasteiger partial charge in [-0.25, -0.2) is 0 Å². The van der Waals surface area contributed by atoms with E-state index in [-0.39, 0.29) is 0 Å². The van der Waals surface area contributed by atoms with Gasteiger partial charge in [0.15, 0.2) is 5.92 Å². The number of ether oxygens (including phenoxy) is 1. The van der Waals surface area contributed by atoms with Crippen LogP contribution in [0.3, 0.4) is 0 Å². The minimum absolute atomic E-state index is 0.384. The Morgan fingerprint density at radius 1 is 0.895 bits per heavy atom. The fraction of sp³-hybridized carbons (Fsp3) is 0.0667. The molecule has 2 aromatic carbocycles. The fourth-order valence-corrected chi connectivity index (χ4v) is 1.73. The quantitative estimate of drug-likeness (QED) is 0.515. The molecule has 1 unspecified atom stereocenters. The van der Waals surface area contributed by atoms with E-state index in [1.807, 2.05) is 0 Å². The van der Waals surface area contributed by atoms with Gasteiger partial charge in [-0.05, 0) is 17.7 Å². The second-order valence-corrected chi connectivity index (χ2v) is 3.98. The minimum atomic E-state index is -1.10. The van der Waals surface area contributed by atoms with Gasteiger partial charge in [-0.15, -0.1) is 0 Å². The summed E-state index contributed by atoms with van der Waals surface area (Å²) in [7, 11) is 0. The molecule has 0 bridgehead atoms. The summed E-state index contributed by atoms with van der Waals surface area (Å²) in [5, 5.41) is 0. The van der Waals surface area contributed by atoms with Crippen molar-refractivity contribution in [1.29, 1.82) is 0 Å². The largest absolute Gasteiger partial charge is 0.426 e. The number of amides is 1. The predicted octanol–water partition coefficient (Wildman–Crippen LogP) is 1.86. The molecule has 2 aromatic rings. The monoisotopic (exact) mass is 255 g/mol. The molecule has 0 aromatic heterocycles. The summed E-state index contributed by atoms with van der Waals surface area (Å²) in [6, 6.07) is 17.2. The number of benzene rings is 2. The van der Waals surface area contributed by atoms with Crippen molar-refractivity contribution in [2.45, 2.75) is 5.92 Å². The number of carbonyl (C=O) groups excluding carboxylic acids is 2. The summed E-state index contributed by atoms with van der Waals surface area (Å²) < 4.78 is 5.15. The Morgan fingerprint density at radius 2 is 1.42 bits per heavy atom. The minimum Gasteiger partial charge on any atom is -0.426 e. The number of nitrogens with two attached hydrogens (primary N) is 1. The molecule has 0 radical (unpaired) electrons. The average Bonchev–Trinajstić information content (AvgIpc) is 2.40. The second-order valence-electron chi connectivity index (χ2n) is 3.98. The third kappa shape index (κ3) is 3.19.